The molecule has 0 bridgehead atoms. The molecule has 0 atom stereocenters. The van der Waals surface area contributed by atoms with Crippen molar-refractivity contribution in [2.24, 2.45) is 0 Å². The summed E-state index contributed by atoms with van der Waals surface area (Å²) in [6.07, 6.45) is 12.0. The third kappa shape index (κ3) is 4.80. The minimum absolute atomic E-state index is 0.0993. The fourth-order valence-corrected chi connectivity index (χ4v) is 3.03. The second-order valence-corrected chi connectivity index (χ2v) is 6.78. The van der Waals surface area contributed by atoms with E-state index in [0.717, 1.165) is 28.0 Å². The quantitative estimate of drug-likeness (QED) is 0.645. The van der Waals surface area contributed by atoms with Crippen LogP contribution in [-0.2, 0) is 0 Å². The van der Waals surface area contributed by atoms with Gasteiger partial charge in [-0.05, 0) is 40.5 Å². The molecule has 3 heteroatoms. The minimum Gasteiger partial charge on any atom is -0.378 e. The fraction of sp³-hybridized carbons (Fsp3) is 0.0769. The predicted molar refractivity (Wildman–Crippen MR) is 120 cm³/mol. The normalized spacial score (nSPS) is 13.8. The fourth-order valence-electron chi connectivity index (χ4n) is 3.03. The lowest BCUT2D eigenvalue weighted by Gasteiger charge is -2.12. The van der Waals surface area contributed by atoms with Crippen molar-refractivity contribution in [1.29, 1.82) is 10.5 Å². The van der Waals surface area contributed by atoms with Crippen molar-refractivity contribution >= 4 is 16.8 Å². The van der Waals surface area contributed by atoms with E-state index in [1.54, 1.807) is 0 Å². The summed E-state index contributed by atoms with van der Waals surface area (Å²) in [6.45, 7) is 0. The van der Waals surface area contributed by atoms with Gasteiger partial charge in [0.05, 0.1) is 0 Å². The Balaban J connectivity index is 1.94. The van der Waals surface area contributed by atoms with Gasteiger partial charge in [-0.25, -0.2) is 0 Å². The Kier molecular flexibility index (Phi) is 6.25. The van der Waals surface area contributed by atoms with Crippen LogP contribution >= 0.6 is 0 Å². The summed E-state index contributed by atoms with van der Waals surface area (Å²) >= 11 is 0. The smallest absolute Gasteiger partial charge is 0.137 e. The summed E-state index contributed by atoms with van der Waals surface area (Å²) < 4.78 is 0. The zero-order valence-corrected chi connectivity index (χ0v) is 16.5. The van der Waals surface area contributed by atoms with Crippen LogP contribution in [-0.4, -0.2) is 14.1 Å². The molecule has 29 heavy (non-hydrogen) atoms. The predicted octanol–water partition coefficient (Wildman–Crippen LogP) is 5.69. The molecule has 0 N–H and O–H groups in total. The maximum Gasteiger partial charge on any atom is 0.137 e. The van der Waals surface area contributed by atoms with E-state index >= 15 is 0 Å². The van der Waals surface area contributed by atoms with Crippen LogP contribution in [0.15, 0.2) is 102 Å². The first kappa shape index (κ1) is 19.7. The number of anilines is 1. The van der Waals surface area contributed by atoms with Gasteiger partial charge in [0.25, 0.3) is 0 Å². The molecule has 140 valence electrons. The van der Waals surface area contributed by atoms with Gasteiger partial charge in [0.1, 0.15) is 17.7 Å². The van der Waals surface area contributed by atoms with E-state index in [0.29, 0.717) is 5.57 Å². The molecule has 2 aromatic rings. The van der Waals surface area contributed by atoms with Crippen LogP contribution in [0, 0.1) is 22.7 Å². The van der Waals surface area contributed by atoms with Gasteiger partial charge in [0.2, 0.25) is 0 Å². The van der Waals surface area contributed by atoms with Gasteiger partial charge < -0.3 is 4.90 Å². The van der Waals surface area contributed by atoms with Crippen molar-refractivity contribution in [3.05, 3.63) is 113 Å². The molecule has 0 heterocycles. The summed E-state index contributed by atoms with van der Waals surface area (Å²) in [5.41, 5.74) is 5.87. The topological polar surface area (TPSA) is 50.8 Å². The van der Waals surface area contributed by atoms with Crippen molar-refractivity contribution in [2.75, 3.05) is 19.0 Å². The first-order valence-corrected chi connectivity index (χ1v) is 9.28. The van der Waals surface area contributed by atoms with E-state index in [2.05, 4.69) is 41.3 Å². The van der Waals surface area contributed by atoms with Crippen LogP contribution in [0.4, 0.5) is 5.69 Å². The van der Waals surface area contributed by atoms with Gasteiger partial charge in [-0.1, -0.05) is 72.8 Å². The molecule has 2 aromatic carbocycles. The van der Waals surface area contributed by atoms with E-state index in [1.165, 1.54) is 0 Å². The molecule has 0 unspecified atom stereocenters. The highest BCUT2D eigenvalue weighted by molar-refractivity contribution is 5.84. The second-order valence-electron chi connectivity index (χ2n) is 6.78. The van der Waals surface area contributed by atoms with Crippen LogP contribution in [0.2, 0.25) is 0 Å². The van der Waals surface area contributed by atoms with Gasteiger partial charge in [-0.2, -0.15) is 10.5 Å². The zero-order valence-electron chi connectivity index (χ0n) is 16.5. The molecular weight excluding hydrogens is 354 g/mol. The van der Waals surface area contributed by atoms with E-state index in [1.807, 2.05) is 80.9 Å². The molecule has 0 aliphatic heterocycles. The molecule has 0 aromatic heterocycles. The van der Waals surface area contributed by atoms with E-state index in [9.17, 15) is 10.5 Å². The van der Waals surface area contributed by atoms with E-state index < -0.39 is 0 Å². The first-order valence-electron chi connectivity index (χ1n) is 9.28. The Morgan fingerprint density at radius 3 is 2.17 bits per heavy atom. The van der Waals surface area contributed by atoms with Gasteiger partial charge in [0, 0.05) is 25.4 Å². The minimum atomic E-state index is 0.0993. The third-order valence-corrected chi connectivity index (χ3v) is 4.63. The molecule has 0 spiro atoms. The summed E-state index contributed by atoms with van der Waals surface area (Å²) in [5.74, 6) is 0. The van der Waals surface area contributed by atoms with Crippen LogP contribution in [0.25, 0.3) is 11.1 Å². The largest absolute Gasteiger partial charge is 0.378 e. The third-order valence-electron chi connectivity index (χ3n) is 4.63. The highest BCUT2D eigenvalue weighted by Gasteiger charge is 2.08. The molecule has 0 fully saturated rings. The Bertz CT molecular complexity index is 1100. The summed E-state index contributed by atoms with van der Waals surface area (Å²) in [5, 5.41) is 18.8. The molecular formula is C26H21N3. The van der Waals surface area contributed by atoms with Crippen molar-refractivity contribution in [1.82, 2.24) is 0 Å². The lowest BCUT2D eigenvalue weighted by molar-refractivity contribution is 1.13. The second kappa shape index (κ2) is 9.22. The van der Waals surface area contributed by atoms with Crippen molar-refractivity contribution in [3.63, 3.8) is 0 Å². The highest BCUT2D eigenvalue weighted by atomic mass is 15.1. The monoisotopic (exact) mass is 375 g/mol. The Labute approximate surface area is 172 Å². The van der Waals surface area contributed by atoms with Gasteiger partial charge in [-0.3, -0.25) is 0 Å². The summed E-state index contributed by atoms with van der Waals surface area (Å²) in [6, 6.07) is 21.9. The number of allylic oxidation sites excluding steroid dienone is 10. The molecule has 0 amide bonds. The zero-order chi connectivity index (χ0) is 20.6. The molecule has 0 saturated heterocycles. The van der Waals surface area contributed by atoms with Crippen LogP contribution in [0.3, 0.4) is 0 Å². The van der Waals surface area contributed by atoms with E-state index in [-0.39, 0.29) is 5.57 Å². The standard InChI is InChI=1S/C26H21N3/c1-29(2)25-15-13-22(14-16-25)21-10-6-7-20(11-12-21)17-26(24(18-27)19-28)23-8-4-3-5-9-23/h3-17H,1-2H3/b20-17+. The Morgan fingerprint density at radius 1 is 0.862 bits per heavy atom. The van der Waals surface area contributed by atoms with Gasteiger partial charge in [0.15, 0.2) is 0 Å². The van der Waals surface area contributed by atoms with Crippen molar-refractivity contribution in [3.8, 4) is 12.1 Å². The molecule has 0 saturated carbocycles. The van der Waals surface area contributed by atoms with Crippen LogP contribution < -0.4 is 4.90 Å². The molecule has 1 aliphatic rings. The number of hydrogen-bond donors (Lipinski definition) is 0. The van der Waals surface area contributed by atoms with Crippen LogP contribution in [0.1, 0.15) is 11.1 Å². The number of hydrogen-bond acceptors (Lipinski definition) is 3. The number of nitrogens with zero attached hydrogens (tertiary/aromatic N) is 3. The van der Waals surface area contributed by atoms with Crippen LogP contribution in [0.5, 0.6) is 0 Å². The molecule has 3 rings (SSSR count). The SMILES string of the molecule is CN(C)c1ccc(C2=CC=C/C(=C\C(=C(C#N)C#N)c3ccccc3)C=C2)cc1. The van der Waals surface area contributed by atoms with Gasteiger partial charge in [-0.15, -0.1) is 0 Å². The molecule has 1 aliphatic carbocycles. The Hall–Kier alpha value is -4.08. The number of benzene rings is 2. The maximum atomic E-state index is 9.39. The van der Waals surface area contributed by atoms with Gasteiger partial charge >= 0.3 is 0 Å². The summed E-state index contributed by atoms with van der Waals surface area (Å²) in [4.78, 5) is 2.07. The average molecular weight is 375 g/mol. The van der Waals surface area contributed by atoms with E-state index in [4.69, 9.17) is 0 Å². The molecule has 3 nitrogen and oxygen atoms in total. The lowest BCUT2D eigenvalue weighted by atomic mass is 9.98. The number of nitriles is 2. The summed E-state index contributed by atoms with van der Waals surface area (Å²) in [7, 11) is 4.04. The highest BCUT2D eigenvalue weighted by Crippen LogP contribution is 2.26. The maximum absolute atomic E-state index is 9.39. The van der Waals surface area contributed by atoms with Crippen molar-refractivity contribution in [2.45, 2.75) is 0 Å². The Morgan fingerprint density at radius 2 is 1.55 bits per heavy atom. The lowest BCUT2D eigenvalue weighted by Crippen LogP contribution is -2.08. The first-order chi connectivity index (χ1) is 14.1. The number of rotatable bonds is 4. The molecule has 0 radical (unpaired) electrons. The average Bonchev–Trinajstić information content (AvgIpc) is 3.00. The van der Waals surface area contributed by atoms with Crippen molar-refractivity contribution < 1.29 is 0 Å².